The molecule has 1 N–H and O–H groups in total. The Morgan fingerprint density at radius 3 is 3.07 bits per heavy atom. The van der Waals surface area contributed by atoms with E-state index in [1.54, 1.807) is 12.1 Å². The molecule has 0 aliphatic heterocycles. The van der Waals surface area contributed by atoms with Gasteiger partial charge in [-0.25, -0.2) is 14.3 Å². The van der Waals surface area contributed by atoms with Crippen molar-refractivity contribution >= 4 is 11.6 Å². The Balaban J connectivity index is 2.76. The van der Waals surface area contributed by atoms with Crippen LogP contribution in [-0.4, -0.2) is 25.7 Å². The zero-order chi connectivity index (χ0) is 10.1. The van der Waals surface area contributed by atoms with Crippen molar-refractivity contribution in [3.05, 3.63) is 29.7 Å². The lowest BCUT2D eigenvalue weighted by atomic mass is 10.2. The number of aromatic nitrogens is 3. The van der Waals surface area contributed by atoms with Crippen LogP contribution >= 0.6 is 0 Å². The molecular formula is C9H9N3O2. The van der Waals surface area contributed by atoms with E-state index in [2.05, 4.69) is 10.1 Å². The third kappa shape index (κ3) is 1.22. The summed E-state index contributed by atoms with van der Waals surface area (Å²) in [5.74, 6) is -0.990. The minimum Gasteiger partial charge on any atom is -0.477 e. The second-order valence-corrected chi connectivity index (χ2v) is 2.89. The van der Waals surface area contributed by atoms with E-state index in [4.69, 9.17) is 5.11 Å². The summed E-state index contributed by atoms with van der Waals surface area (Å²) < 4.78 is 1.32. The third-order valence-electron chi connectivity index (χ3n) is 1.99. The maximum absolute atomic E-state index is 10.9. The van der Waals surface area contributed by atoms with Crippen molar-refractivity contribution < 1.29 is 9.90 Å². The largest absolute Gasteiger partial charge is 0.477 e. The number of fused-ring (bicyclic) bond motifs is 1. The SMILES string of the molecule is CCc1cc(C(=O)O)n2nccc2n1. The summed E-state index contributed by atoms with van der Waals surface area (Å²) in [6.07, 6.45) is 2.25. The Hall–Kier alpha value is -1.91. The van der Waals surface area contributed by atoms with Crippen LogP contribution in [0.4, 0.5) is 0 Å². The van der Waals surface area contributed by atoms with Crippen molar-refractivity contribution in [3.8, 4) is 0 Å². The van der Waals surface area contributed by atoms with Gasteiger partial charge in [0.1, 0.15) is 0 Å². The van der Waals surface area contributed by atoms with E-state index in [0.717, 1.165) is 5.69 Å². The Labute approximate surface area is 80.0 Å². The van der Waals surface area contributed by atoms with Crippen LogP contribution in [0.1, 0.15) is 23.1 Å². The molecule has 5 nitrogen and oxygen atoms in total. The molecule has 0 saturated carbocycles. The molecule has 0 saturated heterocycles. The fourth-order valence-electron chi connectivity index (χ4n) is 1.30. The molecule has 0 fully saturated rings. The van der Waals surface area contributed by atoms with Crippen LogP contribution < -0.4 is 0 Å². The van der Waals surface area contributed by atoms with E-state index in [1.807, 2.05) is 6.92 Å². The Kier molecular flexibility index (Phi) is 1.92. The van der Waals surface area contributed by atoms with Crippen molar-refractivity contribution in [2.75, 3.05) is 0 Å². The van der Waals surface area contributed by atoms with Crippen LogP contribution in [0.25, 0.3) is 5.65 Å². The van der Waals surface area contributed by atoms with Gasteiger partial charge in [-0.15, -0.1) is 0 Å². The van der Waals surface area contributed by atoms with Gasteiger partial charge in [0.05, 0.1) is 6.20 Å². The Morgan fingerprint density at radius 2 is 2.43 bits per heavy atom. The van der Waals surface area contributed by atoms with Gasteiger partial charge in [0.15, 0.2) is 11.3 Å². The van der Waals surface area contributed by atoms with Crippen LogP contribution in [0, 0.1) is 0 Å². The Morgan fingerprint density at radius 1 is 1.64 bits per heavy atom. The van der Waals surface area contributed by atoms with Gasteiger partial charge in [0, 0.05) is 11.8 Å². The monoisotopic (exact) mass is 191 g/mol. The number of carboxylic acids is 1. The quantitative estimate of drug-likeness (QED) is 0.768. The predicted octanol–water partition coefficient (Wildman–Crippen LogP) is 0.990. The number of hydrogen-bond donors (Lipinski definition) is 1. The molecular weight excluding hydrogens is 182 g/mol. The van der Waals surface area contributed by atoms with Gasteiger partial charge < -0.3 is 5.11 Å². The lowest BCUT2D eigenvalue weighted by Crippen LogP contribution is -2.08. The predicted molar refractivity (Wildman–Crippen MR) is 49.3 cm³/mol. The molecule has 0 atom stereocenters. The van der Waals surface area contributed by atoms with Crippen molar-refractivity contribution in [3.63, 3.8) is 0 Å². The van der Waals surface area contributed by atoms with Crippen molar-refractivity contribution in [2.45, 2.75) is 13.3 Å². The van der Waals surface area contributed by atoms with Gasteiger partial charge in [-0.3, -0.25) is 0 Å². The molecule has 0 aliphatic rings. The summed E-state index contributed by atoms with van der Waals surface area (Å²) in [5, 5.41) is 12.8. The minimum absolute atomic E-state index is 0.150. The highest BCUT2D eigenvalue weighted by atomic mass is 16.4. The van der Waals surface area contributed by atoms with E-state index in [9.17, 15) is 4.79 Å². The summed E-state index contributed by atoms with van der Waals surface area (Å²) in [6.45, 7) is 1.93. The van der Waals surface area contributed by atoms with E-state index >= 15 is 0 Å². The third-order valence-corrected chi connectivity index (χ3v) is 1.99. The van der Waals surface area contributed by atoms with Crippen molar-refractivity contribution in [1.29, 1.82) is 0 Å². The molecule has 2 aromatic heterocycles. The molecule has 0 radical (unpaired) electrons. The first-order valence-electron chi connectivity index (χ1n) is 4.29. The molecule has 14 heavy (non-hydrogen) atoms. The summed E-state index contributed by atoms with van der Waals surface area (Å²) in [6, 6.07) is 3.23. The molecule has 0 bridgehead atoms. The van der Waals surface area contributed by atoms with Crippen LogP contribution in [0.15, 0.2) is 18.3 Å². The molecule has 2 aromatic rings. The molecule has 2 rings (SSSR count). The number of carbonyl (C=O) groups is 1. The summed E-state index contributed by atoms with van der Waals surface area (Å²) >= 11 is 0. The fraction of sp³-hybridized carbons (Fsp3) is 0.222. The zero-order valence-corrected chi connectivity index (χ0v) is 7.64. The number of aryl methyl sites for hydroxylation is 1. The molecule has 0 spiro atoms. The summed E-state index contributed by atoms with van der Waals surface area (Å²) in [5.41, 5.74) is 1.48. The standard InChI is InChI=1S/C9H9N3O2/c1-2-6-5-7(9(13)14)12-8(11-6)3-4-10-12/h3-5H,2H2,1H3,(H,13,14). The van der Waals surface area contributed by atoms with E-state index in [-0.39, 0.29) is 5.69 Å². The first-order valence-corrected chi connectivity index (χ1v) is 4.29. The van der Waals surface area contributed by atoms with Gasteiger partial charge in [0.2, 0.25) is 0 Å². The van der Waals surface area contributed by atoms with Gasteiger partial charge in [-0.1, -0.05) is 6.92 Å². The molecule has 0 unspecified atom stereocenters. The van der Waals surface area contributed by atoms with Crippen molar-refractivity contribution in [2.24, 2.45) is 0 Å². The number of rotatable bonds is 2. The van der Waals surface area contributed by atoms with Crippen LogP contribution in [0.2, 0.25) is 0 Å². The number of hydrogen-bond acceptors (Lipinski definition) is 3. The lowest BCUT2D eigenvalue weighted by molar-refractivity contribution is 0.0687. The average molecular weight is 191 g/mol. The van der Waals surface area contributed by atoms with Crippen molar-refractivity contribution in [1.82, 2.24) is 14.6 Å². The number of nitrogens with zero attached hydrogens (tertiary/aromatic N) is 3. The van der Waals surface area contributed by atoms with Crippen LogP contribution in [0.5, 0.6) is 0 Å². The minimum atomic E-state index is -0.990. The second kappa shape index (κ2) is 3.10. The second-order valence-electron chi connectivity index (χ2n) is 2.89. The number of aromatic carboxylic acids is 1. The molecule has 0 amide bonds. The first-order chi connectivity index (χ1) is 6.72. The highest BCUT2D eigenvalue weighted by molar-refractivity contribution is 5.86. The van der Waals surface area contributed by atoms with Crippen LogP contribution in [0.3, 0.4) is 0 Å². The normalized spacial score (nSPS) is 10.6. The van der Waals surface area contributed by atoms with Gasteiger partial charge in [0.25, 0.3) is 0 Å². The fourth-order valence-corrected chi connectivity index (χ4v) is 1.30. The smallest absolute Gasteiger partial charge is 0.354 e. The van der Waals surface area contributed by atoms with Crippen LogP contribution in [-0.2, 0) is 6.42 Å². The zero-order valence-electron chi connectivity index (χ0n) is 7.64. The molecule has 72 valence electrons. The molecule has 0 aromatic carbocycles. The van der Waals surface area contributed by atoms with Gasteiger partial charge >= 0.3 is 5.97 Å². The highest BCUT2D eigenvalue weighted by Gasteiger charge is 2.11. The summed E-state index contributed by atoms with van der Waals surface area (Å²) in [7, 11) is 0. The highest BCUT2D eigenvalue weighted by Crippen LogP contribution is 2.07. The maximum Gasteiger partial charge on any atom is 0.354 e. The molecule has 5 heteroatoms. The Bertz CT molecular complexity index is 490. The van der Waals surface area contributed by atoms with Gasteiger partial charge in [-0.2, -0.15) is 5.10 Å². The number of carboxylic acid groups (broad SMARTS) is 1. The van der Waals surface area contributed by atoms with E-state index < -0.39 is 5.97 Å². The average Bonchev–Trinajstić information content (AvgIpc) is 2.63. The first kappa shape index (κ1) is 8.68. The van der Waals surface area contributed by atoms with Gasteiger partial charge in [-0.05, 0) is 12.5 Å². The van der Waals surface area contributed by atoms with E-state index in [0.29, 0.717) is 12.1 Å². The lowest BCUT2D eigenvalue weighted by Gasteiger charge is -2.01. The maximum atomic E-state index is 10.9. The van der Waals surface area contributed by atoms with E-state index in [1.165, 1.54) is 10.7 Å². The summed E-state index contributed by atoms with van der Waals surface area (Å²) in [4.78, 5) is 15.1. The topological polar surface area (TPSA) is 67.5 Å². The molecule has 0 aliphatic carbocycles. The molecule has 2 heterocycles.